The van der Waals surface area contributed by atoms with Crippen molar-refractivity contribution < 1.29 is 23.8 Å². The van der Waals surface area contributed by atoms with Crippen LogP contribution in [0.4, 0.5) is 4.39 Å². The molecule has 1 rings (SSSR count). The predicted octanol–water partition coefficient (Wildman–Crippen LogP) is 3.00. The normalized spacial score (nSPS) is 13.7. The van der Waals surface area contributed by atoms with Gasteiger partial charge in [-0.3, -0.25) is 4.79 Å². The number of ether oxygens (including phenoxy) is 2. The fourth-order valence-electron chi connectivity index (χ4n) is 1.87. The first-order valence-corrected chi connectivity index (χ1v) is 6.02. The molecular formula is C14H19FO4. The number of carboxylic acids is 1. The number of hydrogen-bond donors (Lipinski definition) is 1. The van der Waals surface area contributed by atoms with Gasteiger partial charge in [-0.15, -0.1) is 0 Å². The van der Waals surface area contributed by atoms with Crippen molar-refractivity contribution in [2.75, 3.05) is 14.2 Å². The van der Waals surface area contributed by atoms with Crippen molar-refractivity contribution in [3.8, 4) is 11.5 Å². The summed E-state index contributed by atoms with van der Waals surface area (Å²) in [4.78, 5) is 10.9. The third kappa shape index (κ3) is 3.59. The second-order valence-electron chi connectivity index (χ2n) is 4.47. The smallest absolute Gasteiger partial charge is 0.306 e. The van der Waals surface area contributed by atoms with Crippen molar-refractivity contribution in [2.45, 2.75) is 26.4 Å². The van der Waals surface area contributed by atoms with Crippen LogP contribution in [-0.4, -0.2) is 25.3 Å². The summed E-state index contributed by atoms with van der Waals surface area (Å²) in [6.45, 7) is 3.02. The van der Waals surface area contributed by atoms with Crippen LogP contribution < -0.4 is 9.47 Å². The maximum atomic E-state index is 13.5. The second-order valence-corrected chi connectivity index (χ2v) is 4.47. The van der Waals surface area contributed by atoms with Gasteiger partial charge in [0, 0.05) is 5.56 Å². The molecule has 2 unspecified atom stereocenters. The fourth-order valence-corrected chi connectivity index (χ4v) is 1.87. The summed E-state index contributed by atoms with van der Waals surface area (Å²) in [5.74, 6) is -0.548. The SMILES string of the molecule is COc1cc(C(C)F)c(OC)cc1CC(C)C(=O)O. The Hall–Kier alpha value is -1.78. The molecule has 1 aromatic carbocycles. The fraction of sp³-hybridized carbons (Fsp3) is 0.500. The number of aliphatic carboxylic acids is 1. The van der Waals surface area contributed by atoms with Crippen molar-refractivity contribution >= 4 is 5.97 Å². The van der Waals surface area contributed by atoms with Crippen LogP contribution in [0.25, 0.3) is 0 Å². The molecule has 1 N–H and O–H groups in total. The van der Waals surface area contributed by atoms with Gasteiger partial charge in [0.15, 0.2) is 0 Å². The molecule has 1 aromatic rings. The standard InChI is InChI=1S/C14H19FO4/c1-8(14(16)17)5-10-6-13(19-4)11(9(2)15)7-12(10)18-3/h6-9H,5H2,1-4H3,(H,16,17). The Morgan fingerprint density at radius 1 is 1.26 bits per heavy atom. The summed E-state index contributed by atoms with van der Waals surface area (Å²) < 4.78 is 23.8. The van der Waals surface area contributed by atoms with Crippen molar-refractivity contribution in [1.82, 2.24) is 0 Å². The Morgan fingerprint density at radius 3 is 2.26 bits per heavy atom. The maximum absolute atomic E-state index is 13.5. The lowest BCUT2D eigenvalue weighted by molar-refractivity contribution is -0.141. The Bertz CT molecular complexity index is 457. The monoisotopic (exact) mass is 270 g/mol. The molecule has 0 fully saturated rings. The Labute approximate surface area is 112 Å². The molecule has 0 aliphatic carbocycles. The van der Waals surface area contributed by atoms with Gasteiger partial charge < -0.3 is 14.6 Å². The molecule has 5 heteroatoms. The summed E-state index contributed by atoms with van der Waals surface area (Å²) in [6.07, 6.45) is -0.884. The van der Waals surface area contributed by atoms with E-state index in [0.717, 1.165) is 0 Å². The highest BCUT2D eigenvalue weighted by Gasteiger charge is 2.19. The molecule has 0 saturated carbocycles. The lowest BCUT2D eigenvalue weighted by Crippen LogP contribution is -2.13. The summed E-state index contributed by atoms with van der Waals surface area (Å²) in [7, 11) is 2.93. The quantitative estimate of drug-likeness (QED) is 0.863. The van der Waals surface area contributed by atoms with Gasteiger partial charge in [0.1, 0.15) is 17.7 Å². The highest BCUT2D eigenvalue weighted by Crippen LogP contribution is 2.35. The van der Waals surface area contributed by atoms with Crippen molar-refractivity contribution in [1.29, 1.82) is 0 Å². The van der Waals surface area contributed by atoms with Crippen LogP contribution in [0.15, 0.2) is 12.1 Å². The number of rotatable bonds is 6. The molecule has 106 valence electrons. The van der Waals surface area contributed by atoms with Gasteiger partial charge in [0.05, 0.1) is 20.1 Å². The third-order valence-electron chi connectivity index (χ3n) is 3.01. The van der Waals surface area contributed by atoms with Crippen molar-refractivity contribution in [3.63, 3.8) is 0 Å². The van der Waals surface area contributed by atoms with Crippen molar-refractivity contribution in [3.05, 3.63) is 23.3 Å². The van der Waals surface area contributed by atoms with Gasteiger partial charge in [-0.2, -0.15) is 0 Å². The third-order valence-corrected chi connectivity index (χ3v) is 3.01. The molecule has 0 saturated heterocycles. The number of carboxylic acid groups (broad SMARTS) is 1. The minimum atomic E-state index is -1.19. The lowest BCUT2D eigenvalue weighted by atomic mass is 9.97. The number of methoxy groups -OCH3 is 2. The van der Waals surface area contributed by atoms with E-state index in [4.69, 9.17) is 14.6 Å². The van der Waals surface area contributed by atoms with E-state index < -0.39 is 18.1 Å². The first kappa shape index (κ1) is 15.3. The van der Waals surface area contributed by atoms with Crippen LogP contribution in [0, 0.1) is 5.92 Å². The average molecular weight is 270 g/mol. The molecule has 2 atom stereocenters. The summed E-state index contributed by atoms with van der Waals surface area (Å²) >= 11 is 0. The zero-order valence-electron chi connectivity index (χ0n) is 11.6. The minimum absolute atomic E-state index is 0.301. The maximum Gasteiger partial charge on any atom is 0.306 e. The lowest BCUT2D eigenvalue weighted by Gasteiger charge is -2.16. The van der Waals surface area contributed by atoms with Gasteiger partial charge in [-0.1, -0.05) is 6.92 Å². The van der Waals surface area contributed by atoms with E-state index in [1.807, 2.05) is 0 Å². The van der Waals surface area contributed by atoms with Crippen molar-refractivity contribution in [2.24, 2.45) is 5.92 Å². The van der Waals surface area contributed by atoms with Crippen LogP contribution >= 0.6 is 0 Å². The highest BCUT2D eigenvalue weighted by molar-refractivity contribution is 5.70. The van der Waals surface area contributed by atoms with E-state index in [1.54, 1.807) is 19.1 Å². The number of carbonyl (C=O) groups is 1. The molecule has 0 aromatic heterocycles. The molecule has 0 bridgehead atoms. The van der Waals surface area contributed by atoms with E-state index >= 15 is 0 Å². The van der Waals surface area contributed by atoms with Crippen LogP contribution in [0.5, 0.6) is 11.5 Å². The van der Waals surface area contributed by atoms with Crippen LogP contribution in [0.2, 0.25) is 0 Å². The van der Waals surface area contributed by atoms with E-state index in [2.05, 4.69) is 0 Å². The van der Waals surface area contributed by atoms with Gasteiger partial charge in [-0.25, -0.2) is 4.39 Å². The second kappa shape index (κ2) is 6.41. The molecule has 19 heavy (non-hydrogen) atoms. The summed E-state index contributed by atoms with van der Waals surface area (Å²) in [5.41, 5.74) is 1.09. The minimum Gasteiger partial charge on any atom is -0.496 e. The summed E-state index contributed by atoms with van der Waals surface area (Å²) in [5, 5.41) is 8.94. The Morgan fingerprint density at radius 2 is 1.84 bits per heavy atom. The first-order chi connectivity index (χ1) is 8.90. The van der Waals surface area contributed by atoms with Gasteiger partial charge in [0.25, 0.3) is 0 Å². The molecule has 0 amide bonds. The summed E-state index contributed by atoms with van der Waals surface area (Å²) in [6, 6.07) is 3.21. The number of hydrogen-bond acceptors (Lipinski definition) is 3. The van der Waals surface area contributed by atoms with E-state index in [-0.39, 0.29) is 0 Å². The molecular weight excluding hydrogens is 251 g/mol. The molecule has 0 aliphatic heterocycles. The topological polar surface area (TPSA) is 55.8 Å². The Balaban J connectivity index is 3.20. The van der Waals surface area contributed by atoms with E-state index in [1.165, 1.54) is 21.1 Å². The van der Waals surface area contributed by atoms with E-state index in [0.29, 0.717) is 29.0 Å². The zero-order chi connectivity index (χ0) is 14.6. The van der Waals surface area contributed by atoms with Gasteiger partial charge in [-0.05, 0) is 31.0 Å². The first-order valence-electron chi connectivity index (χ1n) is 6.02. The number of halogens is 1. The zero-order valence-corrected chi connectivity index (χ0v) is 11.6. The van der Waals surface area contributed by atoms with Crippen LogP contribution in [0.3, 0.4) is 0 Å². The molecule has 0 radical (unpaired) electrons. The highest BCUT2D eigenvalue weighted by atomic mass is 19.1. The predicted molar refractivity (Wildman–Crippen MR) is 69.6 cm³/mol. The van der Waals surface area contributed by atoms with Gasteiger partial charge >= 0.3 is 5.97 Å². The molecule has 0 spiro atoms. The van der Waals surface area contributed by atoms with Crippen LogP contribution in [0.1, 0.15) is 31.1 Å². The molecule has 0 heterocycles. The van der Waals surface area contributed by atoms with E-state index in [9.17, 15) is 9.18 Å². The largest absolute Gasteiger partial charge is 0.496 e. The molecule has 0 aliphatic rings. The Kier molecular flexibility index (Phi) is 5.15. The van der Waals surface area contributed by atoms with Gasteiger partial charge in [0.2, 0.25) is 0 Å². The molecule has 4 nitrogen and oxygen atoms in total. The average Bonchev–Trinajstić information content (AvgIpc) is 2.37. The van der Waals surface area contributed by atoms with Crippen LogP contribution in [-0.2, 0) is 11.2 Å². The number of alkyl halides is 1. The number of benzene rings is 1.